The molecule has 1 aliphatic heterocycles. The Morgan fingerprint density at radius 2 is 2.27 bits per heavy atom. The average Bonchev–Trinajstić information content (AvgIpc) is 2.49. The molecule has 1 aromatic carbocycles. The first-order valence-corrected chi connectivity index (χ1v) is 5.59. The van der Waals surface area contributed by atoms with Crippen LogP contribution in [0.3, 0.4) is 0 Å². The van der Waals surface area contributed by atoms with Crippen LogP contribution in [0.1, 0.15) is 24.2 Å². The van der Waals surface area contributed by atoms with Crippen molar-refractivity contribution < 1.29 is 9.53 Å². The summed E-state index contributed by atoms with van der Waals surface area (Å²) in [5.74, 6) is 0.723. The third-order valence-electron chi connectivity index (χ3n) is 2.16. The predicted octanol–water partition coefficient (Wildman–Crippen LogP) is 2.05. The number of rotatable bonds is 2. The largest absolute Gasteiger partial charge is 0.476 e. The van der Waals surface area contributed by atoms with Crippen LogP contribution in [0.2, 0.25) is 0 Å². The number of hydrogen-bond acceptors (Lipinski definition) is 4. The van der Waals surface area contributed by atoms with Crippen molar-refractivity contribution in [3.05, 3.63) is 23.8 Å². The lowest BCUT2D eigenvalue weighted by atomic mass is 10.1. The summed E-state index contributed by atoms with van der Waals surface area (Å²) in [5, 5.41) is 0. The molecule has 0 bridgehead atoms. The summed E-state index contributed by atoms with van der Waals surface area (Å²) < 4.78 is 5.70. The van der Waals surface area contributed by atoms with Crippen LogP contribution >= 0.6 is 11.8 Å². The number of ether oxygens (including phenoxy) is 1. The van der Waals surface area contributed by atoms with Crippen molar-refractivity contribution in [1.29, 1.82) is 0 Å². The van der Waals surface area contributed by atoms with E-state index in [1.165, 1.54) is 0 Å². The molecule has 0 aliphatic carbocycles. The molecule has 2 rings (SSSR count). The third kappa shape index (κ3) is 2.01. The van der Waals surface area contributed by atoms with Crippen LogP contribution < -0.4 is 10.5 Å². The topological polar surface area (TPSA) is 52.3 Å². The zero-order valence-corrected chi connectivity index (χ0v) is 9.56. The lowest BCUT2D eigenvalue weighted by Crippen LogP contribution is -2.18. The van der Waals surface area contributed by atoms with Gasteiger partial charge in [-0.1, -0.05) is 11.8 Å². The lowest BCUT2D eigenvalue weighted by molar-refractivity contribution is 0.100. The highest BCUT2D eigenvalue weighted by molar-refractivity contribution is 8.00. The predicted molar refractivity (Wildman–Crippen MR) is 60.4 cm³/mol. The minimum Gasteiger partial charge on any atom is -0.476 e. The third-order valence-corrected chi connectivity index (χ3v) is 3.29. The van der Waals surface area contributed by atoms with Crippen molar-refractivity contribution in [1.82, 2.24) is 0 Å². The summed E-state index contributed by atoms with van der Waals surface area (Å²) in [5.41, 5.74) is 5.93. The second kappa shape index (κ2) is 3.54. The highest BCUT2D eigenvalue weighted by Crippen LogP contribution is 2.47. The molecule has 1 heterocycles. The minimum absolute atomic E-state index is 0.0370. The molecule has 0 atom stereocenters. The number of nitrogens with two attached hydrogens (primary N) is 1. The zero-order valence-electron chi connectivity index (χ0n) is 8.74. The molecule has 2 N–H and O–H groups in total. The monoisotopic (exact) mass is 223 g/mol. The number of ketones is 1. The molecular weight excluding hydrogens is 210 g/mol. The summed E-state index contributed by atoms with van der Waals surface area (Å²) in [6, 6.07) is 5.48. The Balaban J connectivity index is 2.34. The maximum absolute atomic E-state index is 11.4. The highest BCUT2D eigenvalue weighted by atomic mass is 32.2. The molecule has 0 amide bonds. The smallest absolute Gasteiger partial charge is 0.176 e. The van der Waals surface area contributed by atoms with Crippen molar-refractivity contribution in [3.8, 4) is 5.75 Å². The fourth-order valence-electron chi connectivity index (χ4n) is 1.51. The summed E-state index contributed by atoms with van der Waals surface area (Å²) in [4.78, 5) is 12.2. The fourth-order valence-corrected chi connectivity index (χ4v) is 2.51. The molecule has 15 heavy (non-hydrogen) atoms. The van der Waals surface area contributed by atoms with Crippen molar-refractivity contribution in [2.45, 2.75) is 23.7 Å². The average molecular weight is 223 g/mol. The van der Waals surface area contributed by atoms with Gasteiger partial charge >= 0.3 is 0 Å². The van der Waals surface area contributed by atoms with E-state index >= 15 is 0 Å². The van der Waals surface area contributed by atoms with Crippen LogP contribution in [0.25, 0.3) is 0 Å². The first-order chi connectivity index (χ1) is 7.02. The van der Waals surface area contributed by atoms with Crippen molar-refractivity contribution >= 4 is 17.5 Å². The van der Waals surface area contributed by atoms with Crippen LogP contribution in [-0.2, 0) is 0 Å². The van der Waals surface area contributed by atoms with Crippen LogP contribution in [0, 0.1) is 0 Å². The number of carbonyl (C=O) groups excluding carboxylic acids is 1. The van der Waals surface area contributed by atoms with E-state index in [1.807, 2.05) is 19.9 Å². The van der Waals surface area contributed by atoms with Gasteiger partial charge in [-0.2, -0.15) is 0 Å². The van der Waals surface area contributed by atoms with E-state index in [0.717, 1.165) is 10.6 Å². The molecule has 80 valence electrons. The van der Waals surface area contributed by atoms with E-state index in [0.29, 0.717) is 5.56 Å². The van der Waals surface area contributed by atoms with Gasteiger partial charge in [-0.25, -0.2) is 0 Å². The van der Waals surface area contributed by atoms with Gasteiger partial charge in [0, 0.05) is 5.56 Å². The van der Waals surface area contributed by atoms with Gasteiger partial charge in [0.2, 0.25) is 0 Å². The molecule has 0 fully saturated rings. The van der Waals surface area contributed by atoms with Crippen molar-refractivity contribution in [2.24, 2.45) is 5.73 Å². The maximum Gasteiger partial charge on any atom is 0.176 e. The van der Waals surface area contributed by atoms with Gasteiger partial charge in [0.15, 0.2) is 10.7 Å². The van der Waals surface area contributed by atoms with Gasteiger partial charge in [-0.15, -0.1) is 0 Å². The highest BCUT2D eigenvalue weighted by Gasteiger charge is 2.31. The standard InChI is InChI=1S/C11H13NO2S/c1-11(2)14-9-5-7(8(13)6-12)3-4-10(9)15-11/h3-5H,6,12H2,1-2H3. The fraction of sp³-hybridized carbons (Fsp3) is 0.364. The molecule has 1 aromatic rings. The minimum atomic E-state index is -0.243. The Bertz CT molecular complexity index is 415. The van der Waals surface area contributed by atoms with Gasteiger partial charge < -0.3 is 10.5 Å². The normalized spacial score (nSPS) is 17.0. The Morgan fingerprint density at radius 3 is 2.93 bits per heavy atom. The number of hydrogen-bond donors (Lipinski definition) is 1. The molecule has 0 aromatic heterocycles. The lowest BCUT2D eigenvalue weighted by Gasteiger charge is -2.15. The summed E-state index contributed by atoms with van der Waals surface area (Å²) in [6.07, 6.45) is 0. The Hall–Kier alpha value is -1.00. The van der Waals surface area contributed by atoms with E-state index in [9.17, 15) is 4.79 Å². The zero-order chi connectivity index (χ0) is 11.1. The molecule has 4 heteroatoms. The van der Waals surface area contributed by atoms with Crippen LogP contribution in [-0.4, -0.2) is 17.3 Å². The molecule has 0 saturated carbocycles. The first-order valence-electron chi connectivity index (χ1n) is 4.77. The van der Waals surface area contributed by atoms with Crippen molar-refractivity contribution in [2.75, 3.05) is 6.54 Å². The number of benzene rings is 1. The molecule has 3 nitrogen and oxygen atoms in total. The molecule has 0 unspecified atom stereocenters. The van der Waals surface area contributed by atoms with Crippen LogP contribution in [0.15, 0.2) is 23.1 Å². The molecule has 1 aliphatic rings. The summed E-state index contributed by atoms with van der Waals surface area (Å²) in [7, 11) is 0. The SMILES string of the molecule is CC1(C)Oc2cc(C(=O)CN)ccc2S1. The van der Waals surface area contributed by atoms with Gasteiger partial charge in [0.25, 0.3) is 0 Å². The Labute approximate surface area is 93.0 Å². The molecule has 0 saturated heterocycles. The van der Waals surface area contributed by atoms with E-state index in [1.54, 1.807) is 23.9 Å². The van der Waals surface area contributed by atoms with Crippen molar-refractivity contribution in [3.63, 3.8) is 0 Å². The van der Waals surface area contributed by atoms with Gasteiger partial charge in [-0.3, -0.25) is 4.79 Å². The quantitative estimate of drug-likeness (QED) is 0.780. The van der Waals surface area contributed by atoms with Gasteiger partial charge in [0.05, 0.1) is 11.4 Å². The molecule has 0 spiro atoms. The summed E-state index contributed by atoms with van der Waals surface area (Å²) >= 11 is 1.66. The molecular formula is C11H13NO2S. The van der Waals surface area contributed by atoms with E-state index in [-0.39, 0.29) is 17.3 Å². The molecule has 0 radical (unpaired) electrons. The summed E-state index contributed by atoms with van der Waals surface area (Å²) in [6.45, 7) is 4.04. The van der Waals surface area contributed by atoms with E-state index in [4.69, 9.17) is 10.5 Å². The van der Waals surface area contributed by atoms with Gasteiger partial charge in [-0.05, 0) is 32.0 Å². The Morgan fingerprint density at radius 1 is 1.53 bits per heavy atom. The number of fused-ring (bicyclic) bond motifs is 1. The number of thioether (sulfide) groups is 1. The Kier molecular flexibility index (Phi) is 2.48. The first kappa shape index (κ1) is 10.5. The van der Waals surface area contributed by atoms with E-state index in [2.05, 4.69) is 0 Å². The second-order valence-corrected chi connectivity index (χ2v) is 5.52. The van der Waals surface area contributed by atoms with Crippen LogP contribution in [0.4, 0.5) is 0 Å². The van der Waals surface area contributed by atoms with E-state index < -0.39 is 0 Å². The maximum atomic E-state index is 11.4. The number of carbonyl (C=O) groups is 1. The second-order valence-electron chi connectivity index (χ2n) is 3.89. The van der Waals surface area contributed by atoms with Gasteiger partial charge in [0.1, 0.15) is 5.75 Å². The number of Topliss-reactive ketones (excluding diaryl/α,β-unsaturated/α-hetero) is 1. The van der Waals surface area contributed by atoms with Crippen LogP contribution in [0.5, 0.6) is 5.75 Å².